The molecule has 0 aromatic carbocycles. The van der Waals surface area contributed by atoms with Crippen molar-refractivity contribution in [2.45, 2.75) is 70.1 Å². The Morgan fingerprint density at radius 1 is 1.04 bits per heavy atom. The van der Waals surface area contributed by atoms with E-state index in [0.29, 0.717) is 23.5 Å². The largest absolute Gasteiger partial charge is 0.356 e. The molecule has 2 aromatic rings. The fourth-order valence-corrected chi connectivity index (χ4v) is 4.71. The summed E-state index contributed by atoms with van der Waals surface area (Å²) in [4.78, 5) is 20.6. The van der Waals surface area contributed by atoms with Crippen molar-refractivity contribution < 1.29 is 4.79 Å². The molecule has 0 aliphatic heterocycles. The molecular weight excluding hydrogens is 326 g/mol. The Kier molecular flexibility index (Phi) is 5.46. The van der Waals surface area contributed by atoms with E-state index in [9.17, 15) is 4.79 Å². The molecule has 0 bridgehead atoms. The van der Waals surface area contributed by atoms with E-state index in [1.165, 1.54) is 37.8 Å². The van der Waals surface area contributed by atoms with Crippen LogP contribution in [0.4, 0.5) is 0 Å². The number of hydrogen-bond acceptors (Lipinski definition) is 4. The highest BCUT2D eigenvalue weighted by Gasteiger charge is 2.25. The zero-order valence-corrected chi connectivity index (χ0v) is 15.4. The van der Waals surface area contributed by atoms with E-state index < -0.39 is 0 Å². The fourth-order valence-electron chi connectivity index (χ4n) is 4.71. The first-order chi connectivity index (χ1) is 12.8. The molecule has 1 amide bonds. The van der Waals surface area contributed by atoms with Crippen molar-refractivity contribution in [2.24, 2.45) is 11.8 Å². The molecule has 1 N–H and O–H groups in total. The molecule has 0 spiro atoms. The lowest BCUT2D eigenvalue weighted by molar-refractivity contribution is -0.122. The van der Waals surface area contributed by atoms with Gasteiger partial charge in [0.15, 0.2) is 0 Å². The topological polar surface area (TPSA) is 72.2 Å². The molecule has 0 radical (unpaired) electrons. The van der Waals surface area contributed by atoms with Gasteiger partial charge in [0.25, 0.3) is 5.78 Å². The van der Waals surface area contributed by atoms with Crippen molar-refractivity contribution in [1.29, 1.82) is 0 Å². The number of carbonyl (C=O) groups excluding carboxylic acids is 1. The van der Waals surface area contributed by atoms with Crippen molar-refractivity contribution in [3.05, 3.63) is 24.3 Å². The van der Waals surface area contributed by atoms with E-state index in [1.54, 1.807) is 6.33 Å². The summed E-state index contributed by atoms with van der Waals surface area (Å²) in [5.41, 5.74) is 1.22. The molecule has 2 aromatic heterocycles. The summed E-state index contributed by atoms with van der Waals surface area (Å²) in [5, 5.41) is 7.52. The van der Waals surface area contributed by atoms with Crippen LogP contribution in [0, 0.1) is 11.8 Å². The Hall–Kier alpha value is -1.98. The molecule has 140 valence electrons. The number of rotatable bonds is 5. The minimum absolute atomic E-state index is 0.262. The maximum absolute atomic E-state index is 12.2. The first-order valence-electron chi connectivity index (χ1n) is 10.2. The molecule has 2 aliphatic carbocycles. The summed E-state index contributed by atoms with van der Waals surface area (Å²) in [6.45, 7) is 0.841. The summed E-state index contributed by atoms with van der Waals surface area (Å²) in [5.74, 6) is 2.68. The first-order valence-corrected chi connectivity index (χ1v) is 10.2. The van der Waals surface area contributed by atoms with Gasteiger partial charge in [-0.1, -0.05) is 19.3 Å². The van der Waals surface area contributed by atoms with Crippen molar-refractivity contribution in [1.82, 2.24) is 24.9 Å². The Morgan fingerprint density at radius 3 is 2.65 bits per heavy atom. The zero-order chi connectivity index (χ0) is 17.8. The quantitative estimate of drug-likeness (QED) is 0.891. The second-order valence-electron chi connectivity index (χ2n) is 8.07. The summed E-state index contributed by atoms with van der Waals surface area (Å²) < 4.78 is 1.87. The van der Waals surface area contributed by atoms with Gasteiger partial charge in [-0.3, -0.25) is 4.79 Å². The molecular formula is C20H29N5O. The third-order valence-electron chi connectivity index (χ3n) is 6.26. The van der Waals surface area contributed by atoms with Crippen LogP contribution in [0.2, 0.25) is 0 Å². The lowest BCUT2D eigenvalue weighted by Crippen LogP contribution is -2.32. The van der Waals surface area contributed by atoms with Crippen molar-refractivity contribution in [3.8, 4) is 0 Å². The standard InChI is InChI=1S/C20H29N5O/c26-19(12-15-4-2-1-3-5-15)22-13-16-6-8-17(9-7-16)18-10-11-21-20-23-14-24-25(18)20/h10-11,14-17H,1-9,12-13H2,(H,22,26). The monoisotopic (exact) mass is 355 g/mol. The number of amides is 1. The van der Waals surface area contributed by atoms with Crippen molar-refractivity contribution in [2.75, 3.05) is 6.54 Å². The molecule has 6 nitrogen and oxygen atoms in total. The molecule has 26 heavy (non-hydrogen) atoms. The van der Waals surface area contributed by atoms with Crippen LogP contribution < -0.4 is 5.32 Å². The fraction of sp³-hybridized carbons (Fsp3) is 0.700. The number of aromatic nitrogens is 4. The van der Waals surface area contributed by atoms with Gasteiger partial charge >= 0.3 is 0 Å². The average Bonchev–Trinajstić information content (AvgIpc) is 3.16. The predicted octanol–water partition coefficient (Wildman–Crippen LogP) is 3.48. The molecule has 4 rings (SSSR count). The van der Waals surface area contributed by atoms with Crippen LogP contribution >= 0.6 is 0 Å². The number of carbonyl (C=O) groups is 1. The highest BCUT2D eigenvalue weighted by atomic mass is 16.1. The predicted molar refractivity (Wildman–Crippen MR) is 99.7 cm³/mol. The second-order valence-corrected chi connectivity index (χ2v) is 8.07. The zero-order valence-electron chi connectivity index (χ0n) is 15.4. The minimum atomic E-state index is 0.262. The minimum Gasteiger partial charge on any atom is -0.356 e. The van der Waals surface area contributed by atoms with Gasteiger partial charge < -0.3 is 5.32 Å². The van der Waals surface area contributed by atoms with Gasteiger partial charge in [-0.15, -0.1) is 0 Å². The third kappa shape index (κ3) is 4.05. The molecule has 0 atom stereocenters. The van der Waals surface area contributed by atoms with Gasteiger partial charge in [0.2, 0.25) is 5.91 Å². The first kappa shape index (κ1) is 17.4. The Morgan fingerprint density at radius 2 is 1.85 bits per heavy atom. The van der Waals surface area contributed by atoms with Gasteiger partial charge in [0, 0.05) is 25.1 Å². The highest BCUT2D eigenvalue weighted by molar-refractivity contribution is 5.76. The molecule has 2 fully saturated rings. The smallest absolute Gasteiger partial charge is 0.252 e. The maximum atomic E-state index is 12.2. The van der Waals surface area contributed by atoms with Gasteiger partial charge in [-0.2, -0.15) is 10.1 Å². The lowest BCUT2D eigenvalue weighted by atomic mass is 9.80. The molecule has 2 heterocycles. The van der Waals surface area contributed by atoms with Crippen LogP contribution in [0.15, 0.2) is 18.6 Å². The van der Waals surface area contributed by atoms with E-state index in [4.69, 9.17) is 0 Å². The van der Waals surface area contributed by atoms with Crippen LogP contribution in [0.25, 0.3) is 5.78 Å². The van der Waals surface area contributed by atoms with E-state index in [-0.39, 0.29) is 5.91 Å². The van der Waals surface area contributed by atoms with Crippen LogP contribution in [0.1, 0.15) is 75.8 Å². The SMILES string of the molecule is O=C(CC1CCCCC1)NCC1CCC(c2ccnc3ncnn23)CC1. The van der Waals surface area contributed by atoms with E-state index in [0.717, 1.165) is 38.6 Å². The summed E-state index contributed by atoms with van der Waals surface area (Å²) in [6.07, 6.45) is 15.2. The van der Waals surface area contributed by atoms with Crippen LogP contribution in [-0.2, 0) is 4.79 Å². The van der Waals surface area contributed by atoms with Crippen LogP contribution in [-0.4, -0.2) is 32.0 Å². The second kappa shape index (κ2) is 8.14. The summed E-state index contributed by atoms with van der Waals surface area (Å²) in [6, 6.07) is 2.07. The number of fused-ring (bicyclic) bond motifs is 1. The Balaban J connectivity index is 1.23. The number of nitrogens with zero attached hydrogens (tertiary/aromatic N) is 4. The molecule has 6 heteroatoms. The third-order valence-corrected chi connectivity index (χ3v) is 6.26. The van der Waals surface area contributed by atoms with Crippen molar-refractivity contribution in [3.63, 3.8) is 0 Å². The van der Waals surface area contributed by atoms with E-state index >= 15 is 0 Å². The van der Waals surface area contributed by atoms with Gasteiger partial charge in [0.05, 0.1) is 5.69 Å². The average molecular weight is 355 g/mol. The van der Waals surface area contributed by atoms with Gasteiger partial charge in [0.1, 0.15) is 6.33 Å². The maximum Gasteiger partial charge on any atom is 0.252 e. The molecule has 0 unspecified atom stereocenters. The lowest BCUT2D eigenvalue weighted by Gasteiger charge is -2.29. The number of nitrogens with one attached hydrogen (secondary N) is 1. The molecule has 2 saturated carbocycles. The van der Waals surface area contributed by atoms with Crippen LogP contribution in [0.3, 0.4) is 0 Å². The van der Waals surface area contributed by atoms with Gasteiger partial charge in [-0.05, 0) is 56.4 Å². The van der Waals surface area contributed by atoms with Crippen molar-refractivity contribution >= 4 is 11.7 Å². The summed E-state index contributed by atoms with van der Waals surface area (Å²) in [7, 11) is 0. The summed E-state index contributed by atoms with van der Waals surface area (Å²) >= 11 is 0. The van der Waals surface area contributed by atoms with E-state index in [2.05, 4.69) is 26.4 Å². The van der Waals surface area contributed by atoms with Crippen LogP contribution in [0.5, 0.6) is 0 Å². The Labute approximate surface area is 154 Å². The molecule has 2 aliphatic rings. The van der Waals surface area contributed by atoms with Gasteiger partial charge in [-0.25, -0.2) is 9.50 Å². The molecule has 0 saturated heterocycles. The number of hydrogen-bond donors (Lipinski definition) is 1. The van der Waals surface area contributed by atoms with E-state index in [1.807, 2.05) is 10.7 Å². The normalized spacial score (nSPS) is 24.6. The Bertz CT molecular complexity index is 729. The highest BCUT2D eigenvalue weighted by Crippen LogP contribution is 2.35.